The van der Waals surface area contributed by atoms with Gasteiger partial charge < -0.3 is 4.74 Å². The van der Waals surface area contributed by atoms with E-state index >= 15 is 0 Å². The number of pyridine rings is 1. The summed E-state index contributed by atoms with van der Waals surface area (Å²) in [5.74, 6) is 0.877. The molecule has 2 heterocycles. The van der Waals surface area contributed by atoms with Gasteiger partial charge in [-0.25, -0.2) is 13.8 Å². The summed E-state index contributed by atoms with van der Waals surface area (Å²) < 4.78 is 32.9. The molecule has 0 amide bonds. The van der Waals surface area contributed by atoms with Crippen LogP contribution >= 0.6 is 23.1 Å². The lowest BCUT2D eigenvalue weighted by Crippen LogP contribution is -1.99. The lowest BCUT2D eigenvalue weighted by atomic mass is 10.0. The molecule has 4 nitrogen and oxygen atoms in total. The van der Waals surface area contributed by atoms with E-state index in [1.54, 1.807) is 49.6 Å². The van der Waals surface area contributed by atoms with Crippen molar-refractivity contribution in [3.8, 4) is 22.9 Å². The Labute approximate surface area is 235 Å². The average molecular weight is 561 g/mol. The molecule has 0 N–H and O–H groups in total. The van der Waals surface area contributed by atoms with Crippen molar-refractivity contribution < 1.29 is 18.3 Å². The number of thioether (sulfide) groups is 1. The second-order valence-electron chi connectivity index (χ2n) is 8.63. The summed E-state index contributed by atoms with van der Waals surface area (Å²) in [7, 11) is 1.55. The number of ketones is 1. The molecule has 4 aromatic rings. The monoisotopic (exact) mass is 560 g/mol. The minimum atomic E-state index is -2.78. The first-order valence-corrected chi connectivity index (χ1v) is 14.1. The quantitative estimate of drug-likeness (QED) is 0.104. The molecule has 0 aliphatic heterocycles. The number of nitrogens with zero attached hydrogens (tertiary/aromatic N) is 2. The van der Waals surface area contributed by atoms with Crippen LogP contribution in [0.4, 0.5) is 8.78 Å². The Morgan fingerprint density at radius 1 is 1.15 bits per heavy atom. The first-order valence-electron chi connectivity index (χ1n) is 12.3. The van der Waals surface area contributed by atoms with Crippen LogP contribution in [0.2, 0.25) is 0 Å². The summed E-state index contributed by atoms with van der Waals surface area (Å²) in [6.45, 7) is 2.11. The Balaban J connectivity index is 1.60. The third kappa shape index (κ3) is 6.99. The Kier molecular flexibility index (Phi) is 9.64. The number of nitriles is 1. The van der Waals surface area contributed by atoms with E-state index in [0.717, 1.165) is 24.0 Å². The van der Waals surface area contributed by atoms with Gasteiger partial charge in [0.2, 0.25) is 0 Å². The third-order valence-corrected chi connectivity index (χ3v) is 8.11. The molecule has 0 radical (unpaired) electrons. The number of hydrogen-bond acceptors (Lipinski definition) is 6. The zero-order valence-electron chi connectivity index (χ0n) is 21.5. The van der Waals surface area contributed by atoms with E-state index in [1.165, 1.54) is 34.0 Å². The Morgan fingerprint density at radius 2 is 1.95 bits per heavy atom. The number of benzene rings is 2. The lowest BCUT2D eigenvalue weighted by Gasteiger charge is -2.13. The van der Waals surface area contributed by atoms with Crippen LogP contribution in [0.3, 0.4) is 0 Å². The summed E-state index contributed by atoms with van der Waals surface area (Å²) >= 11 is 2.71. The summed E-state index contributed by atoms with van der Waals surface area (Å²) in [6.07, 6.45) is 2.51. The highest BCUT2D eigenvalue weighted by molar-refractivity contribution is 7.98. The minimum Gasteiger partial charge on any atom is -0.496 e. The minimum absolute atomic E-state index is 0.0609. The van der Waals surface area contributed by atoms with E-state index in [1.807, 2.05) is 30.3 Å². The van der Waals surface area contributed by atoms with Gasteiger partial charge in [0, 0.05) is 21.8 Å². The van der Waals surface area contributed by atoms with E-state index in [2.05, 4.69) is 18.0 Å². The molecule has 8 heteroatoms. The molecule has 0 fully saturated rings. The lowest BCUT2D eigenvalue weighted by molar-refractivity contribution is 0.105. The molecule has 0 aliphatic rings. The van der Waals surface area contributed by atoms with Gasteiger partial charge in [-0.1, -0.05) is 55.8 Å². The van der Waals surface area contributed by atoms with Crippen molar-refractivity contribution in [3.05, 3.63) is 105 Å². The van der Waals surface area contributed by atoms with Gasteiger partial charge in [0.15, 0.2) is 5.78 Å². The number of aromatic nitrogens is 1. The predicted octanol–water partition coefficient (Wildman–Crippen LogP) is 8.77. The van der Waals surface area contributed by atoms with Crippen molar-refractivity contribution in [2.75, 3.05) is 7.11 Å². The van der Waals surface area contributed by atoms with Gasteiger partial charge in [-0.15, -0.1) is 23.1 Å². The highest BCUT2D eigenvalue weighted by atomic mass is 32.2. The zero-order chi connectivity index (χ0) is 27.8. The highest BCUT2D eigenvalue weighted by Crippen LogP contribution is 2.36. The number of ether oxygens (including phenoxy) is 1. The second-order valence-corrected chi connectivity index (χ2v) is 10.8. The van der Waals surface area contributed by atoms with Crippen LogP contribution in [0, 0.1) is 11.3 Å². The summed E-state index contributed by atoms with van der Waals surface area (Å²) in [4.78, 5) is 18.7. The Morgan fingerprint density at radius 3 is 2.64 bits per heavy atom. The van der Waals surface area contributed by atoms with Gasteiger partial charge >= 0.3 is 0 Å². The van der Waals surface area contributed by atoms with Crippen LogP contribution < -0.4 is 4.74 Å². The SMILES string of the molecule is CCCc1ccc(C(=O)/C=C/c2ccc(OC)c(CSc3nc(C(F)F)cc(-c4ccccc4)c3C#N)c2)s1. The maximum Gasteiger partial charge on any atom is 0.280 e. The molecule has 0 saturated heterocycles. The topological polar surface area (TPSA) is 63.0 Å². The van der Waals surface area contributed by atoms with Crippen LogP contribution in [0.15, 0.2) is 77.8 Å². The predicted molar refractivity (Wildman–Crippen MR) is 154 cm³/mol. The van der Waals surface area contributed by atoms with Crippen LogP contribution in [0.5, 0.6) is 5.75 Å². The first kappa shape index (κ1) is 28.2. The molecule has 0 aliphatic carbocycles. The average Bonchev–Trinajstić information content (AvgIpc) is 3.43. The number of alkyl halides is 2. The van der Waals surface area contributed by atoms with E-state index in [9.17, 15) is 18.8 Å². The molecule has 198 valence electrons. The van der Waals surface area contributed by atoms with Crippen molar-refractivity contribution in [2.24, 2.45) is 0 Å². The van der Waals surface area contributed by atoms with Crippen molar-refractivity contribution >= 4 is 35.0 Å². The summed E-state index contributed by atoms with van der Waals surface area (Å²) in [5.41, 5.74) is 2.53. The number of allylic oxidation sites excluding steroid dienone is 1. The van der Waals surface area contributed by atoms with Gasteiger partial charge in [-0.05, 0) is 54.0 Å². The fourth-order valence-corrected chi connectivity index (χ4v) is 6.03. The van der Waals surface area contributed by atoms with Crippen LogP contribution in [-0.4, -0.2) is 17.9 Å². The summed E-state index contributed by atoms with van der Waals surface area (Å²) in [6, 6.07) is 21.8. The molecule has 0 spiro atoms. The van der Waals surface area contributed by atoms with Gasteiger partial charge in [0.25, 0.3) is 6.43 Å². The number of rotatable bonds is 11. The molecular weight excluding hydrogens is 534 g/mol. The van der Waals surface area contributed by atoms with E-state index in [-0.39, 0.29) is 22.1 Å². The van der Waals surface area contributed by atoms with E-state index < -0.39 is 6.43 Å². The largest absolute Gasteiger partial charge is 0.496 e. The number of aryl methyl sites for hydroxylation is 1. The molecular formula is C31H26F2N2O2S2. The molecule has 39 heavy (non-hydrogen) atoms. The standard InChI is InChI=1S/C31H26F2N2O2S2/c1-3-7-23-12-15-29(39-23)27(36)13-10-20-11-14-28(37-2)22(16-20)19-38-31-25(18-34)24(17-26(35-31)30(32)33)21-8-5-4-6-9-21/h4-6,8-17,30H,3,7,19H2,1-2H3/b13-10+. The van der Waals surface area contributed by atoms with Gasteiger partial charge in [0.1, 0.15) is 22.5 Å². The molecule has 0 unspecified atom stereocenters. The van der Waals surface area contributed by atoms with Crippen molar-refractivity contribution in [1.29, 1.82) is 5.26 Å². The van der Waals surface area contributed by atoms with E-state index in [0.29, 0.717) is 27.5 Å². The summed E-state index contributed by atoms with van der Waals surface area (Å²) in [5, 5.41) is 10.2. The highest BCUT2D eigenvalue weighted by Gasteiger charge is 2.20. The number of carbonyl (C=O) groups excluding carboxylic acids is 1. The molecule has 0 atom stereocenters. The molecule has 0 saturated carbocycles. The zero-order valence-corrected chi connectivity index (χ0v) is 23.1. The van der Waals surface area contributed by atoms with Crippen molar-refractivity contribution in [1.82, 2.24) is 4.98 Å². The van der Waals surface area contributed by atoms with Crippen LogP contribution in [-0.2, 0) is 12.2 Å². The number of methoxy groups -OCH3 is 1. The maximum atomic E-state index is 13.7. The second kappa shape index (κ2) is 13.3. The fourth-order valence-electron chi connectivity index (χ4n) is 4.02. The molecule has 2 aromatic carbocycles. The molecule has 4 rings (SSSR count). The molecule has 2 aromatic heterocycles. The molecule has 0 bridgehead atoms. The Bertz CT molecular complexity index is 1530. The van der Waals surface area contributed by atoms with Gasteiger partial charge in [-0.2, -0.15) is 5.26 Å². The third-order valence-electron chi connectivity index (χ3n) is 5.92. The first-order chi connectivity index (χ1) is 18.9. The normalized spacial score (nSPS) is 11.2. The van der Waals surface area contributed by atoms with Gasteiger partial charge in [0.05, 0.1) is 17.6 Å². The maximum absolute atomic E-state index is 13.7. The van der Waals surface area contributed by atoms with Crippen molar-refractivity contribution in [3.63, 3.8) is 0 Å². The number of thiophene rings is 1. The number of halogens is 2. The number of hydrogen-bond donors (Lipinski definition) is 0. The van der Waals surface area contributed by atoms with Gasteiger partial charge in [-0.3, -0.25) is 4.79 Å². The van der Waals surface area contributed by atoms with Crippen molar-refractivity contribution in [2.45, 2.75) is 37.0 Å². The fraction of sp³-hybridized carbons (Fsp3) is 0.194. The Hall–Kier alpha value is -3.80. The smallest absolute Gasteiger partial charge is 0.280 e. The van der Waals surface area contributed by atoms with E-state index in [4.69, 9.17) is 4.74 Å². The van der Waals surface area contributed by atoms with Crippen LogP contribution in [0.1, 0.15) is 56.7 Å². The van der Waals surface area contributed by atoms with Crippen LogP contribution in [0.25, 0.3) is 17.2 Å². The number of carbonyl (C=O) groups is 1.